The minimum absolute atomic E-state index is 0.0650. The number of carbonyl (C=O) groups excluding carboxylic acids is 1. The molecule has 0 heterocycles. The van der Waals surface area contributed by atoms with Gasteiger partial charge in [-0.15, -0.1) is 13.2 Å². The molecule has 1 aromatic rings. The quantitative estimate of drug-likeness (QED) is 0.566. The van der Waals surface area contributed by atoms with Gasteiger partial charge in [-0.3, -0.25) is 4.79 Å². The molecule has 0 aliphatic heterocycles. The summed E-state index contributed by atoms with van der Waals surface area (Å²) in [6.07, 6.45) is 6.68. The molecule has 0 atom stereocenters. The predicted molar refractivity (Wildman–Crippen MR) is 77.5 cm³/mol. The highest BCUT2D eigenvalue weighted by molar-refractivity contribution is 6.30. The summed E-state index contributed by atoms with van der Waals surface area (Å²) in [5.41, 5.74) is 0.935. The second-order valence-electron chi connectivity index (χ2n) is 3.71. The van der Waals surface area contributed by atoms with Crippen LogP contribution in [-0.2, 0) is 4.79 Å². The van der Waals surface area contributed by atoms with Crippen LogP contribution in [0.25, 0.3) is 6.08 Å². The molecule has 1 amide bonds. The van der Waals surface area contributed by atoms with Gasteiger partial charge in [0.15, 0.2) is 0 Å². The molecule has 0 unspecified atom stereocenters. The van der Waals surface area contributed by atoms with Gasteiger partial charge in [0, 0.05) is 24.2 Å². The summed E-state index contributed by atoms with van der Waals surface area (Å²) in [6.45, 7) is 8.27. The highest BCUT2D eigenvalue weighted by Gasteiger charge is 2.05. The average molecular weight is 262 g/mol. The zero-order valence-corrected chi connectivity index (χ0v) is 10.9. The summed E-state index contributed by atoms with van der Waals surface area (Å²) in [6, 6.07) is 7.29. The van der Waals surface area contributed by atoms with Crippen molar-refractivity contribution in [3.8, 4) is 0 Å². The Bertz CT molecular complexity index is 438. The number of carbonyl (C=O) groups is 1. The molecule has 0 saturated carbocycles. The maximum absolute atomic E-state index is 11.9. The Balaban J connectivity index is 2.69. The molecule has 3 heteroatoms. The van der Waals surface area contributed by atoms with Gasteiger partial charge in [0.2, 0.25) is 5.91 Å². The van der Waals surface area contributed by atoms with Crippen LogP contribution in [0.3, 0.4) is 0 Å². The molecular weight excluding hydrogens is 246 g/mol. The highest BCUT2D eigenvalue weighted by Crippen LogP contribution is 2.10. The third kappa shape index (κ3) is 4.60. The van der Waals surface area contributed by atoms with Gasteiger partial charge in [0.1, 0.15) is 0 Å². The van der Waals surface area contributed by atoms with Gasteiger partial charge in [-0.05, 0) is 23.8 Å². The molecule has 1 aromatic carbocycles. The van der Waals surface area contributed by atoms with Crippen molar-refractivity contribution in [1.29, 1.82) is 0 Å². The topological polar surface area (TPSA) is 20.3 Å². The van der Waals surface area contributed by atoms with Crippen LogP contribution >= 0.6 is 11.6 Å². The van der Waals surface area contributed by atoms with Crippen molar-refractivity contribution in [3.05, 3.63) is 66.2 Å². The summed E-state index contributed by atoms with van der Waals surface area (Å²) in [5.74, 6) is -0.0650. The Morgan fingerprint density at radius 2 is 1.72 bits per heavy atom. The summed E-state index contributed by atoms with van der Waals surface area (Å²) in [7, 11) is 0. The predicted octanol–water partition coefficient (Wildman–Crippen LogP) is 3.55. The van der Waals surface area contributed by atoms with E-state index in [-0.39, 0.29) is 5.91 Å². The summed E-state index contributed by atoms with van der Waals surface area (Å²) in [5, 5.41) is 0.679. The van der Waals surface area contributed by atoms with Crippen LogP contribution in [-0.4, -0.2) is 23.9 Å². The molecule has 0 N–H and O–H groups in total. The second-order valence-corrected chi connectivity index (χ2v) is 4.14. The lowest BCUT2D eigenvalue weighted by molar-refractivity contribution is -0.124. The Kier molecular flexibility index (Phi) is 5.95. The van der Waals surface area contributed by atoms with E-state index in [0.29, 0.717) is 18.1 Å². The Morgan fingerprint density at radius 1 is 1.17 bits per heavy atom. The Morgan fingerprint density at radius 3 is 2.22 bits per heavy atom. The number of amides is 1. The molecule has 0 aromatic heterocycles. The van der Waals surface area contributed by atoms with E-state index in [0.717, 1.165) is 5.56 Å². The number of benzene rings is 1. The van der Waals surface area contributed by atoms with Crippen LogP contribution < -0.4 is 0 Å². The van der Waals surface area contributed by atoms with Crippen molar-refractivity contribution in [1.82, 2.24) is 4.90 Å². The normalized spacial score (nSPS) is 10.3. The van der Waals surface area contributed by atoms with Gasteiger partial charge in [0.25, 0.3) is 0 Å². The van der Waals surface area contributed by atoms with E-state index in [1.807, 2.05) is 12.1 Å². The van der Waals surface area contributed by atoms with Crippen LogP contribution in [0.2, 0.25) is 5.02 Å². The van der Waals surface area contributed by atoms with E-state index in [2.05, 4.69) is 13.2 Å². The van der Waals surface area contributed by atoms with E-state index in [1.165, 1.54) is 6.08 Å². The van der Waals surface area contributed by atoms with Crippen molar-refractivity contribution >= 4 is 23.6 Å². The molecule has 0 radical (unpaired) electrons. The fourth-order valence-electron chi connectivity index (χ4n) is 1.41. The van der Waals surface area contributed by atoms with Crippen molar-refractivity contribution in [2.45, 2.75) is 0 Å². The lowest BCUT2D eigenvalue weighted by atomic mass is 10.2. The molecule has 0 aliphatic carbocycles. The third-order valence-electron chi connectivity index (χ3n) is 2.30. The fraction of sp³-hybridized carbons (Fsp3) is 0.133. The molecule has 1 rings (SSSR count). The van der Waals surface area contributed by atoms with Crippen LogP contribution in [0.1, 0.15) is 5.56 Å². The zero-order valence-electron chi connectivity index (χ0n) is 10.2. The fourth-order valence-corrected chi connectivity index (χ4v) is 1.54. The number of rotatable bonds is 6. The number of hydrogen-bond donors (Lipinski definition) is 0. The lowest BCUT2D eigenvalue weighted by Crippen LogP contribution is -2.29. The van der Waals surface area contributed by atoms with Crippen LogP contribution in [0.5, 0.6) is 0 Å². The monoisotopic (exact) mass is 261 g/mol. The molecular formula is C15H16ClNO. The van der Waals surface area contributed by atoms with E-state index < -0.39 is 0 Å². The van der Waals surface area contributed by atoms with Gasteiger partial charge in [-0.25, -0.2) is 0 Å². The average Bonchev–Trinajstić information content (AvgIpc) is 2.37. The van der Waals surface area contributed by atoms with Crippen molar-refractivity contribution in [2.75, 3.05) is 13.1 Å². The maximum Gasteiger partial charge on any atom is 0.247 e. The highest BCUT2D eigenvalue weighted by atomic mass is 35.5. The zero-order chi connectivity index (χ0) is 13.4. The van der Waals surface area contributed by atoms with E-state index in [1.54, 1.807) is 35.3 Å². The van der Waals surface area contributed by atoms with Gasteiger partial charge in [-0.2, -0.15) is 0 Å². The van der Waals surface area contributed by atoms with Crippen molar-refractivity contribution in [3.63, 3.8) is 0 Å². The maximum atomic E-state index is 11.9. The first-order chi connectivity index (χ1) is 8.67. The number of halogens is 1. The van der Waals surface area contributed by atoms with E-state index >= 15 is 0 Å². The molecule has 0 spiro atoms. The Hall–Kier alpha value is -1.80. The first-order valence-corrected chi connectivity index (χ1v) is 5.99. The minimum atomic E-state index is -0.0650. The smallest absolute Gasteiger partial charge is 0.247 e. The van der Waals surface area contributed by atoms with Gasteiger partial charge < -0.3 is 4.90 Å². The lowest BCUT2D eigenvalue weighted by Gasteiger charge is -2.16. The van der Waals surface area contributed by atoms with Gasteiger partial charge in [0.05, 0.1) is 0 Å². The largest absolute Gasteiger partial charge is 0.332 e. The molecule has 0 bridgehead atoms. The van der Waals surface area contributed by atoms with Crippen LogP contribution in [0, 0.1) is 0 Å². The van der Waals surface area contributed by atoms with Gasteiger partial charge >= 0.3 is 0 Å². The van der Waals surface area contributed by atoms with Crippen molar-refractivity contribution < 1.29 is 4.79 Å². The summed E-state index contributed by atoms with van der Waals surface area (Å²) in [4.78, 5) is 13.5. The summed E-state index contributed by atoms with van der Waals surface area (Å²) < 4.78 is 0. The number of hydrogen-bond acceptors (Lipinski definition) is 1. The van der Waals surface area contributed by atoms with E-state index in [4.69, 9.17) is 11.6 Å². The SMILES string of the molecule is C=CCN(CC=C)C(=O)C=Cc1ccc(Cl)cc1. The molecule has 2 nitrogen and oxygen atoms in total. The molecule has 94 valence electrons. The van der Waals surface area contributed by atoms with Crippen LogP contribution in [0.15, 0.2) is 55.7 Å². The molecule has 0 aliphatic rings. The third-order valence-corrected chi connectivity index (χ3v) is 2.55. The second kappa shape index (κ2) is 7.51. The standard InChI is InChI=1S/C15H16ClNO/c1-3-11-17(12-4-2)15(18)10-7-13-5-8-14(16)9-6-13/h3-10H,1-2,11-12H2. The first-order valence-electron chi connectivity index (χ1n) is 5.61. The Labute approximate surface area is 113 Å². The minimum Gasteiger partial charge on any atom is -0.332 e. The van der Waals surface area contributed by atoms with E-state index in [9.17, 15) is 4.79 Å². The first kappa shape index (κ1) is 14.3. The molecule has 0 fully saturated rings. The molecule has 0 saturated heterocycles. The van der Waals surface area contributed by atoms with Crippen LogP contribution in [0.4, 0.5) is 0 Å². The molecule has 18 heavy (non-hydrogen) atoms. The number of nitrogens with zero attached hydrogens (tertiary/aromatic N) is 1. The van der Waals surface area contributed by atoms with Gasteiger partial charge in [-0.1, -0.05) is 35.9 Å². The summed E-state index contributed by atoms with van der Waals surface area (Å²) >= 11 is 5.79. The van der Waals surface area contributed by atoms with Crippen molar-refractivity contribution in [2.24, 2.45) is 0 Å².